The van der Waals surface area contributed by atoms with Crippen LogP contribution >= 0.6 is 11.3 Å². The van der Waals surface area contributed by atoms with E-state index in [-0.39, 0.29) is 30.8 Å². The minimum atomic E-state index is -0.387. The molecule has 0 unspecified atom stereocenters. The number of para-hydroxylation sites is 2. The van der Waals surface area contributed by atoms with E-state index in [1.165, 1.54) is 16.2 Å². The first-order valence-electron chi connectivity index (χ1n) is 10.2. The second-order valence-electron chi connectivity index (χ2n) is 7.17. The number of carbonyl (C=O) groups excluding carboxylic acids is 2. The summed E-state index contributed by atoms with van der Waals surface area (Å²) in [6.07, 6.45) is 0. The molecule has 0 aliphatic carbocycles. The Balaban J connectivity index is 1.49. The van der Waals surface area contributed by atoms with Gasteiger partial charge in [0.25, 0.3) is 11.8 Å². The van der Waals surface area contributed by atoms with E-state index in [1.54, 1.807) is 12.1 Å². The van der Waals surface area contributed by atoms with Gasteiger partial charge >= 0.3 is 0 Å². The second-order valence-corrected chi connectivity index (χ2v) is 8.11. The van der Waals surface area contributed by atoms with Crippen molar-refractivity contribution >= 4 is 34.4 Å². The van der Waals surface area contributed by atoms with Crippen molar-refractivity contribution in [1.29, 1.82) is 0 Å². The van der Waals surface area contributed by atoms with Crippen LogP contribution in [0, 0.1) is 0 Å². The van der Waals surface area contributed by atoms with Crippen molar-refractivity contribution in [3.05, 3.63) is 76.1 Å². The Hall–Kier alpha value is -3.78. The molecule has 32 heavy (non-hydrogen) atoms. The first-order valence-corrected chi connectivity index (χ1v) is 11.1. The highest BCUT2D eigenvalue weighted by molar-refractivity contribution is 7.11. The zero-order chi connectivity index (χ0) is 22.1. The molecule has 162 valence electrons. The summed E-state index contributed by atoms with van der Waals surface area (Å²) < 4.78 is 16.5. The van der Waals surface area contributed by atoms with Crippen LogP contribution in [0.1, 0.15) is 17.4 Å². The summed E-state index contributed by atoms with van der Waals surface area (Å²) in [5, 5.41) is 5.06. The lowest BCUT2D eigenvalue weighted by Crippen LogP contribution is -2.32. The molecule has 5 rings (SSSR count). The number of rotatable bonds is 7. The van der Waals surface area contributed by atoms with E-state index in [0.29, 0.717) is 35.1 Å². The van der Waals surface area contributed by atoms with Crippen molar-refractivity contribution in [2.24, 2.45) is 0 Å². The molecule has 0 saturated carbocycles. The summed E-state index contributed by atoms with van der Waals surface area (Å²) >= 11 is 1.41. The summed E-state index contributed by atoms with van der Waals surface area (Å²) in [5.41, 5.74) is 2.00. The number of fused-ring (bicyclic) bond motifs is 1. The van der Waals surface area contributed by atoms with Crippen LogP contribution < -0.4 is 19.5 Å². The Kier molecular flexibility index (Phi) is 5.28. The molecule has 2 aromatic carbocycles. The third-order valence-corrected chi connectivity index (χ3v) is 6.05. The van der Waals surface area contributed by atoms with Crippen LogP contribution in [0.4, 0.5) is 5.69 Å². The van der Waals surface area contributed by atoms with E-state index in [1.807, 2.05) is 54.8 Å². The number of thiophene rings is 1. The number of hydrogen-bond acceptors (Lipinski definition) is 7. The topological polar surface area (TPSA) is 77.1 Å². The number of nitrogens with one attached hydrogen (secondary N) is 1. The molecule has 0 radical (unpaired) electrons. The van der Waals surface area contributed by atoms with Crippen molar-refractivity contribution in [1.82, 2.24) is 4.90 Å². The third kappa shape index (κ3) is 3.58. The van der Waals surface area contributed by atoms with Gasteiger partial charge < -0.3 is 19.5 Å². The average Bonchev–Trinajstić information content (AvgIpc) is 3.53. The Morgan fingerprint density at radius 2 is 1.88 bits per heavy atom. The van der Waals surface area contributed by atoms with E-state index in [9.17, 15) is 9.59 Å². The zero-order valence-electron chi connectivity index (χ0n) is 17.3. The van der Waals surface area contributed by atoms with Crippen molar-refractivity contribution in [3.63, 3.8) is 0 Å². The third-order valence-electron chi connectivity index (χ3n) is 5.16. The standard InChI is InChI=1S/C24H20N2O5S/c1-2-29-17-7-4-3-6-16(17)25-22-21(20-8-5-11-32-20)23(27)26(24(22)28)13-15-9-10-18-19(12-15)31-14-30-18/h3-12,25H,2,13-14H2,1H3. The molecule has 0 bridgehead atoms. The molecule has 8 heteroatoms. The zero-order valence-corrected chi connectivity index (χ0v) is 18.1. The molecule has 1 aromatic heterocycles. The molecular weight excluding hydrogens is 428 g/mol. The van der Waals surface area contributed by atoms with Gasteiger partial charge in [0, 0.05) is 4.88 Å². The maximum Gasteiger partial charge on any atom is 0.278 e. The average molecular weight is 449 g/mol. The second kappa shape index (κ2) is 8.39. The van der Waals surface area contributed by atoms with Gasteiger partial charge in [-0.2, -0.15) is 0 Å². The molecule has 7 nitrogen and oxygen atoms in total. The largest absolute Gasteiger partial charge is 0.492 e. The Bertz CT molecular complexity index is 1220. The summed E-state index contributed by atoms with van der Waals surface area (Å²) in [7, 11) is 0. The molecule has 3 heterocycles. The van der Waals surface area contributed by atoms with Gasteiger partial charge in [-0.15, -0.1) is 11.3 Å². The lowest BCUT2D eigenvalue weighted by atomic mass is 10.1. The lowest BCUT2D eigenvalue weighted by molar-refractivity contribution is -0.137. The molecule has 0 saturated heterocycles. The Morgan fingerprint density at radius 1 is 1.03 bits per heavy atom. The van der Waals surface area contributed by atoms with Crippen molar-refractivity contribution in [3.8, 4) is 17.2 Å². The summed E-state index contributed by atoms with van der Waals surface area (Å²) in [6.45, 7) is 2.67. The predicted molar refractivity (Wildman–Crippen MR) is 121 cm³/mol. The SMILES string of the molecule is CCOc1ccccc1NC1=C(c2cccs2)C(=O)N(Cc2ccc3c(c2)OCO3)C1=O. The van der Waals surface area contributed by atoms with Crippen LogP contribution in [0.25, 0.3) is 5.57 Å². The van der Waals surface area contributed by atoms with Crippen LogP contribution in [0.15, 0.2) is 65.7 Å². The van der Waals surface area contributed by atoms with Gasteiger partial charge in [-0.25, -0.2) is 0 Å². The number of benzene rings is 2. The van der Waals surface area contributed by atoms with Gasteiger partial charge in [0.05, 0.1) is 24.4 Å². The Morgan fingerprint density at radius 3 is 2.69 bits per heavy atom. The van der Waals surface area contributed by atoms with Crippen molar-refractivity contribution in [2.75, 3.05) is 18.7 Å². The quantitative estimate of drug-likeness (QED) is 0.544. The highest BCUT2D eigenvalue weighted by Gasteiger charge is 2.40. The monoisotopic (exact) mass is 448 g/mol. The number of nitrogens with zero attached hydrogens (tertiary/aromatic N) is 1. The first kappa shape index (κ1) is 20.1. The fourth-order valence-electron chi connectivity index (χ4n) is 3.69. The number of amides is 2. The first-order chi connectivity index (χ1) is 15.7. The van der Waals surface area contributed by atoms with Gasteiger partial charge in [0.15, 0.2) is 11.5 Å². The van der Waals surface area contributed by atoms with Crippen LogP contribution in [0.3, 0.4) is 0 Å². The van der Waals surface area contributed by atoms with Crippen LogP contribution in [0.2, 0.25) is 0 Å². The predicted octanol–water partition coefficient (Wildman–Crippen LogP) is 4.27. The minimum absolute atomic E-state index is 0.126. The van der Waals surface area contributed by atoms with E-state index in [2.05, 4.69) is 5.32 Å². The van der Waals surface area contributed by atoms with Gasteiger partial charge in [-0.1, -0.05) is 24.3 Å². The number of carbonyl (C=O) groups is 2. The molecule has 1 N–H and O–H groups in total. The van der Waals surface area contributed by atoms with E-state index >= 15 is 0 Å². The molecule has 2 aliphatic rings. The van der Waals surface area contributed by atoms with E-state index in [0.717, 1.165) is 10.4 Å². The number of ether oxygens (including phenoxy) is 3. The van der Waals surface area contributed by atoms with E-state index < -0.39 is 0 Å². The summed E-state index contributed by atoms with van der Waals surface area (Å²) in [4.78, 5) is 28.8. The summed E-state index contributed by atoms with van der Waals surface area (Å²) in [5.74, 6) is 1.15. The normalized spacial score (nSPS) is 15.0. The Labute approximate surface area is 188 Å². The number of imide groups is 1. The summed E-state index contributed by atoms with van der Waals surface area (Å²) in [6, 6.07) is 16.5. The van der Waals surface area contributed by atoms with Crippen LogP contribution in [0.5, 0.6) is 17.2 Å². The van der Waals surface area contributed by atoms with Gasteiger partial charge in [0.2, 0.25) is 6.79 Å². The maximum absolute atomic E-state index is 13.4. The fraction of sp³-hybridized carbons (Fsp3) is 0.167. The molecule has 0 spiro atoms. The van der Waals surface area contributed by atoms with Crippen LogP contribution in [-0.2, 0) is 16.1 Å². The van der Waals surface area contributed by atoms with E-state index in [4.69, 9.17) is 14.2 Å². The lowest BCUT2D eigenvalue weighted by Gasteiger charge is -2.16. The highest BCUT2D eigenvalue weighted by atomic mass is 32.1. The number of anilines is 1. The molecule has 3 aromatic rings. The molecular formula is C24H20N2O5S. The molecule has 0 atom stereocenters. The fourth-order valence-corrected chi connectivity index (χ4v) is 4.46. The van der Waals surface area contributed by atoms with Gasteiger partial charge in [-0.05, 0) is 48.2 Å². The minimum Gasteiger partial charge on any atom is -0.492 e. The molecule has 0 fully saturated rings. The highest BCUT2D eigenvalue weighted by Crippen LogP contribution is 2.37. The van der Waals surface area contributed by atoms with Gasteiger partial charge in [-0.3, -0.25) is 14.5 Å². The van der Waals surface area contributed by atoms with Crippen molar-refractivity contribution in [2.45, 2.75) is 13.5 Å². The van der Waals surface area contributed by atoms with Crippen molar-refractivity contribution < 1.29 is 23.8 Å². The van der Waals surface area contributed by atoms with Crippen LogP contribution in [-0.4, -0.2) is 30.1 Å². The maximum atomic E-state index is 13.4. The number of hydrogen-bond donors (Lipinski definition) is 1. The molecule has 2 amide bonds. The smallest absolute Gasteiger partial charge is 0.278 e. The van der Waals surface area contributed by atoms with Gasteiger partial charge in [0.1, 0.15) is 11.4 Å². The molecule has 2 aliphatic heterocycles.